The molecule has 26 heavy (non-hydrogen) atoms. The summed E-state index contributed by atoms with van der Waals surface area (Å²) in [5, 5.41) is 6.30. The number of carbonyl (C=O) groups is 1. The molecule has 0 fully saturated rings. The van der Waals surface area contributed by atoms with Crippen molar-refractivity contribution in [3.8, 4) is 22.6 Å². The molecule has 2 aromatic heterocycles. The van der Waals surface area contributed by atoms with Crippen molar-refractivity contribution in [3.05, 3.63) is 52.8 Å². The molecule has 0 saturated heterocycles. The van der Waals surface area contributed by atoms with E-state index in [4.69, 9.17) is 11.6 Å². The summed E-state index contributed by atoms with van der Waals surface area (Å²) in [6.45, 7) is 2.07. The highest BCUT2D eigenvalue weighted by Crippen LogP contribution is 2.33. The standard InChI is InChI=1S/C19H20ClN5O/c1-4-11-5-6-12(20)7-13(11)18-14(19(26)22-3)8-16(25-18)15-9-17(21-2)24-10-23-15/h5-10,25H,4H2,1-3H3,(H,22,26)(H,21,23,24). The molecule has 3 rings (SSSR count). The number of hydrogen-bond acceptors (Lipinski definition) is 4. The average Bonchev–Trinajstić information content (AvgIpc) is 3.12. The maximum atomic E-state index is 12.5. The molecule has 6 nitrogen and oxygen atoms in total. The minimum atomic E-state index is -0.174. The fourth-order valence-corrected chi connectivity index (χ4v) is 3.02. The monoisotopic (exact) mass is 369 g/mol. The molecule has 3 aromatic rings. The number of aryl methyl sites for hydroxylation is 1. The molecule has 0 atom stereocenters. The molecule has 2 heterocycles. The number of benzene rings is 1. The third-order valence-corrected chi connectivity index (χ3v) is 4.45. The minimum Gasteiger partial charge on any atom is -0.373 e. The maximum Gasteiger partial charge on any atom is 0.253 e. The van der Waals surface area contributed by atoms with Crippen molar-refractivity contribution < 1.29 is 4.79 Å². The van der Waals surface area contributed by atoms with Crippen LogP contribution in [-0.2, 0) is 6.42 Å². The van der Waals surface area contributed by atoms with Crippen molar-refractivity contribution in [2.24, 2.45) is 0 Å². The number of anilines is 1. The first kappa shape index (κ1) is 17.9. The molecular weight excluding hydrogens is 350 g/mol. The quantitative estimate of drug-likeness (QED) is 0.639. The first-order valence-corrected chi connectivity index (χ1v) is 8.69. The van der Waals surface area contributed by atoms with Gasteiger partial charge in [-0.25, -0.2) is 9.97 Å². The molecule has 0 saturated carbocycles. The van der Waals surface area contributed by atoms with E-state index < -0.39 is 0 Å². The van der Waals surface area contributed by atoms with Crippen LogP contribution in [0.4, 0.5) is 5.82 Å². The molecule has 1 aromatic carbocycles. The van der Waals surface area contributed by atoms with Gasteiger partial charge in [-0.3, -0.25) is 4.79 Å². The Labute approximate surface area is 157 Å². The molecule has 0 radical (unpaired) electrons. The Morgan fingerprint density at radius 3 is 2.69 bits per heavy atom. The zero-order valence-electron chi connectivity index (χ0n) is 14.9. The van der Waals surface area contributed by atoms with Crippen LogP contribution in [0.2, 0.25) is 5.02 Å². The summed E-state index contributed by atoms with van der Waals surface area (Å²) >= 11 is 6.21. The number of aromatic nitrogens is 3. The second-order valence-electron chi connectivity index (χ2n) is 5.74. The van der Waals surface area contributed by atoms with Gasteiger partial charge < -0.3 is 15.6 Å². The second-order valence-corrected chi connectivity index (χ2v) is 6.18. The van der Waals surface area contributed by atoms with Crippen molar-refractivity contribution in [1.82, 2.24) is 20.3 Å². The first-order chi connectivity index (χ1) is 12.6. The van der Waals surface area contributed by atoms with Crippen LogP contribution < -0.4 is 10.6 Å². The summed E-state index contributed by atoms with van der Waals surface area (Å²) in [5.74, 6) is 0.525. The molecular formula is C19H20ClN5O. The lowest BCUT2D eigenvalue weighted by molar-refractivity contribution is 0.0964. The van der Waals surface area contributed by atoms with Gasteiger partial charge in [0.2, 0.25) is 0 Å². The van der Waals surface area contributed by atoms with Crippen LogP contribution in [0.15, 0.2) is 36.7 Å². The smallest absolute Gasteiger partial charge is 0.253 e. The number of hydrogen-bond donors (Lipinski definition) is 3. The molecule has 0 aliphatic heterocycles. The van der Waals surface area contributed by atoms with Gasteiger partial charge in [-0.15, -0.1) is 0 Å². The molecule has 134 valence electrons. The van der Waals surface area contributed by atoms with Crippen LogP contribution in [0.25, 0.3) is 22.6 Å². The molecule has 0 bridgehead atoms. The van der Waals surface area contributed by atoms with E-state index in [1.807, 2.05) is 24.3 Å². The summed E-state index contributed by atoms with van der Waals surface area (Å²) in [6.07, 6.45) is 2.31. The number of rotatable bonds is 5. The Morgan fingerprint density at radius 1 is 1.19 bits per heavy atom. The lowest BCUT2D eigenvalue weighted by Gasteiger charge is -2.09. The van der Waals surface area contributed by atoms with E-state index in [9.17, 15) is 4.79 Å². The van der Waals surface area contributed by atoms with Crippen molar-refractivity contribution >= 4 is 23.3 Å². The Kier molecular flexibility index (Phi) is 5.23. The van der Waals surface area contributed by atoms with Crippen LogP contribution >= 0.6 is 11.6 Å². The first-order valence-electron chi connectivity index (χ1n) is 8.31. The Balaban J connectivity index is 2.20. The van der Waals surface area contributed by atoms with Crippen molar-refractivity contribution in [3.63, 3.8) is 0 Å². The van der Waals surface area contributed by atoms with Crippen molar-refractivity contribution in [1.29, 1.82) is 0 Å². The van der Waals surface area contributed by atoms with Gasteiger partial charge in [0.1, 0.15) is 12.1 Å². The van der Waals surface area contributed by atoms with Crippen molar-refractivity contribution in [2.45, 2.75) is 13.3 Å². The van der Waals surface area contributed by atoms with Crippen LogP contribution in [0, 0.1) is 0 Å². The largest absolute Gasteiger partial charge is 0.373 e. The number of carbonyl (C=O) groups excluding carboxylic acids is 1. The molecule has 7 heteroatoms. The third-order valence-electron chi connectivity index (χ3n) is 4.21. The van der Waals surface area contributed by atoms with Crippen LogP contribution in [-0.4, -0.2) is 35.0 Å². The van der Waals surface area contributed by atoms with E-state index in [1.165, 1.54) is 6.33 Å². The Hall–Kier alpha value is -2.86. The molecule has 3 N–H and O–H groups in total. The van der Waals surface area contributed by atoms with Gasteiger partial charge in [0, 0.05) is 30.7 Å². The van der Waals surface area contributed by atoms with E-state index >= 15 is 0 Å². The van der Waals surface area contributed by atoms with E-state index in [0.717, 1.165) is 28.9 Å². The summed E-state index contributed by atoms with van der Waals surface area (Å²) < 4.78 is 0. The van der Waals surface area contributed by atoms with Crippen LogP contribution in [0.5, 0.6) is 0 Å². The lowest BCUT2D eigenvalue weighted by atomic mass is 10.00. The topological polar surface area (TPSA) is 82.7 Å². The number of amides is 1. The summed E-state index contributed by atoms with van der Waals surface area (Å²) in [7, 11) is 3.41. The number of halogens is 1. The fraction of sp³-hybridized carbons (Fsp3) is 0.211. The van der Waals surface area contributed by atoms with Gasteiger partial charge in [-0.05, 0) is 30.2 Å². The Bertz CT molecular complexity index is 951. The summed E-state index contributed by atoms with van der Waals surface area (Å²) in [5.41, 5.74) is 4.71. The summed E-state index contributed by atoms with van der Waals surface area (Å²) in [6, 6.07) is 9.34. The number of nitrogens with one attached hydrogen (secondary N) is 3. The molecule has 0 unspecified atom stereocenters. The number of aromatic amines is 1. The highest BCUT2D eigenvalue weighted by atomic mass is 35.5. The van der Waals surface area contributed by atoms with E-state index in [0.29, 0.717) is 22.1 Å². The molecule has 0 aliphatic rings. The van der Waals surface area contributed by atoms with Gasteiger partial charge in [0.05, 0.1) is 22.6 Å². The van der Waals surface area contributed by atoms with Gasteiger partial charge >= 0.3 is 0 Å². The minimum absolute atomic E-state index is 0.174. The van der Waals surface area contributed by atoms with Gasteiger partial charge in [-0.1, -0.05) is 24.6 Å². The number of H-pyrrole nitrogens is 1. The van der Waals surface area contributed by atoms with Crippen LogP contribution in [0.1, 0.15) is 22.8 Å². The maximum absolute atomic E-state index is 12.5. The highest BCUT2D eigenvalue weighted by molar-refractivity contribution is 6.31. The molecule has 0 aliphatic carbocycles. The van der Waals surface area contributed by atoms with E-state index in [-0.39, 0.29) is 5.91 Å². The van der Waals surface area contributed by atoms with Crippen molar-refractivity contribution in [2.75, 3.05) is 19.4 Å². The normalized spacial score (nSPS) is 10.6. The van der Waals surface area contributed by atoms with E-state index in [1.54, 1.807) is 20.2 Å². The van der Waals surface area contributed by atoms with Gasteiger partial charge in [0.15, 0.2) is 0 Å². The fourth-order valence-electron chi connectivity index (χ4n) is 2.85. The van der Waals surface area contributed by atoms with Crippen LogP contribution in [0.3, 0.4) is 0 Å². The third kappa shape index (κ3) is 3.41. The lowest BCUT2D eigenvalue weighted by Crippen LogP contribution is -2.18. The predicted octanol–water partition coefficient (Wildman–Crippen LogP) is 3.76. The van der Waals surface area contributed by atoms with Gasteiger partial charge in [0.25, 0.3) is 5.91 Å². The predicted molar refractivity (Wildman–Crippen MR) is 105 cm³/mol. The van der Waals surface area contributed by atoms with E-state index in [2.05, 4.69) is 32.5 Å². The second kappa shape index (κ2) is 7.58. The molecule has 1 amide bonds. The zero-order chi connectivity index (χ0) is 18.7. The number of nitrogens with zero attached hydrogens (tertiary/aromatic N) is 2. The SMILES string of the molecule is CCc1ccc(Cl)cc1-c1[nH]c(-c2cc(NC)ncn2)cc1C(=O)NC. The zero-order valence-corrected chi connectivity index (χ0v) is 15.6. The van der Waals surface area contributed by atoms with Gasteiger partial charge in [-0.2, -0.15) is 0 Å². The summed E-state index contributed by atoms with van der Waals surface area (Å²) in [4.78, 5) is 24.2. The average molecular weight is 370 g/mol. The highest BCUT2D eigenvalue weighted by Gasteiger charge is 2.19. The Morgan fingerprint density at radius 2 is 2.00 bits per heavy atom. The molecule has 0 spiro atoms.